The van der Waals surface area contributed by atoms with Crippen molar-refractivity contribution < 1.29 is 34.8 Å². The van der Waals surface area contributed by atoms with Crippen LogP contribution in [0.3, 0.4) is 0 Å². The first kappa shape index (κ1) is 33.1. The molecule has 0 heterocycles. The number of urea groups is 1. The number of aliphatic hydroxyl groups excluding tert-OH is 4. The van der Waals surface area contributed by atoms with Crippen LogP contribution in [-0.2, 0) is 9.53 Å². The van der Waals surface area contributed by atoms with Crippen LogP contribution >= 0.6 is 0 Å². The van der Waals surface area contributed by atoms with E-state index in [4.69, 9.17) is 25.5 Å². The van der Waals surface area contributed by atoms with Gasteiger partial charge in [-0.25, -0.2) is 4.79 Å². The van der Waals surface area contributed by atoms with Gasteiger partial charge in [0.05, 0.1) is 45.1 Å². The molecule has 0 unspecified atom stereocenters. The van der Waals surface area contributed by atoms with Crippen LogP contribution in [0.15, 0.2) is 0 Å². The predicted octanol–water partition coefficient (Wildman–Crippen LogP) is -1.48. The third-order valence-corrected chi connectivity index (χ3v) is 3.94. The van der Waals surface area contributed by atoms with Gasteiger partial charge in [0.15, 0.2) is 0 Å². The Morgan fingerprint density at radius 1 is 1.10 bits per heavy atom. The van der Waals surface area contributed by atoms with E-state index in [-0.39, 0.29) is 64.7 Å². The first-order valence-corrected chi connectivity index (χ1v) is 10.3. The molecule has 0 aliphatic rings. The van der Waals surface area contributed by atoms with E-state index in [0.29, 0.717) is 6.54 Å². The number of hydrogen-bond acceptors (Lipinski definition) is 8. The van der Waals surface area contributed by atoms with Crippen molar-refractivity contribution in [2.45, 2.75) is 46.1 Å². The Labute approximate surface area is 180 Å². The molecule has 11 nitrogen and oxygen atoms in total. The Balaban J connectivity index is -0.00000133. The third kappa shape index (κ3) is 19.8. The fraction of sp³-hybridized carbons (Fsp3) is 0.895. The largest absolute Gasteiger partial charge is 0.396 e. The van der Waals surface area contributed by atoms with Gasteiger partial charge in [-0.15, -0.1) is 0 Å². The lowest BCUT2D eigenvalue weighted by molar-refractivity contribution is -0.106. The maximum atomic E-state index is 11.8. The average molecular weight is 441 g/mol. The highest BCUT2D eigenvalue weighted by molar-refractivity contribution is 5.73. The molecule has 3 amide bonds. The summed E-state index contributed by atoms with van der Waals surface area (Å²) in [6, 6.07) is -0.226. The molecular formula is C19H44N4O7. The van der Waals surface area contributed by atoms with Crippen molar-refractivity contribution in [1.29, 1.82) is 0 Å². The van der Waals surface area contributed by atoms with E-state index >= 15 is 0 Å². The molecule has 10 N–H and O–H groups in total. The summed E-state index contributed by atoms with van der Waals surface area (Å²) in [4.78, 5) is 20.4. The first-order chi connectivity index (χ1) is 14.3. The van der Waals surface area contributed by atoms with E-state index in [9.17, 15) is 15.0 Å². The van der Waals surface area contributed by atoms with Crippen molar-refractivity contribution in [2.24, 2.45) is 22.8 Å². The number of carbonyl (C=O) groups excluding carboxylic acids is 2. The van der Waals surface area contributed by atoms with Gasteiger partial charge in [0.2, 0.25) is 6.41 Å². The number of aliphatic hydroxyl groups is 4. The molecule has 0 saturated carbocycles. The zero-order valence-corrected chi connectivity index (χ0v) is 18.7. The smallest absolute Gasteiger partial charge is 0.314 e. The number of amides is 3. The van der Waals surface area contributed by atoms with Crippen molar-refractivity contribution >= 4 is 12.4 Å². The van der Waals surface area contributed by atoms with Gasteiger partial charge < -0.3 is 47.3 Å². The van der Waals surface area contributed by atoms with Crippen molar-refractivity contribution in [3.05, 3.63) is 0 Å². The average Bonchev–Trinajstić information content (AvgIpc) is 2.75. The molecule has 0 aliphatic carbocycles. The van der Waals surface area contributed by atoms with E-state index < -0.39 is 11.3 Å². The van der Waals surface area contributed by atoms with Gasteiger partial charge in [0, 0.05) is 25.0 Å². The number of carbonyl (C=O) groups is 2. The highest BCUT2D eigenvalue weighted by Gasteiger charge is 2.30. The standard InChI is InChI=1S/C16H35N3O6.C2H6.CH3NO/c1-13(17)4-2-3-5-18-15(24)19-9-16(10-22,11-23)12-25-8-14(6-20)7-21;1-2;2-1-3/h13-14,20-23H,2-12,17H2,1H3,(H2,18,19,24);1-2H3;1H,(H2,2,3)/t13-;;/m0../s1. The Kier molecular flexibility index (Phi) is 26.3. The van der Waals surface area contributed by atoms with Crippen LogP contribution in [0.4, 0.5) is 4.79 Å². The molecule has 0 bridgehead atoms. The van der Waals surface area contributed by atoms with Crippen LogP contribution in [0.25, 0.3) is 0 Å². The lowest BCUT2D eigenvalue weighted by atomic mass is 9.91. The molecule has 0 saturated heterocycles. The van der Waals surface area contributed by atoms with Crippen molar-refractivity contribution in [2.75, 3.05) is 52.7 Å². The molecule has 0 aromatic carbocycles. The Morgan fingerprint density at radius 2 is 1.63 bits per heavy atom. The summed E-state index contributed by atoms with van der Waals surface area (Å²) in [5.41, 5.74) is 8.79. The lowest BCUT2D eigenvalue weighted by Crippen LogP contribution is -2.48. The molecule has 0 rings (SSSR count). The number of nitrogens with two attached hydrogens (primary N) is 2. The normalized spacial score (nSPS) is 11.5. The van der Waals surface area contributed by atoms with Crippen LogP contribution in [0.2, 0.25) is 0 Å². The fourth-order valence-electron chi connectivity index (χ4n) is 2.03. The van der Waals surface area contributed by atoms with Crippen molar-refractivity contribution in [3.8, 4) is 0 Å². The second kappa shape index (κ2) is 23.8. The molecule has 0 aromatic rings. The zero-order chi connectivity index (χ0) is 23.8. The molecule has 0 spiro atoms. The molecule has 0 fully saturated rings. The minimum Gasteiger partial charge on any atom is -0.396 e. The summed E-state index contributed by atoms with van der Waals surface area (Å²) in [5, 5.41) is 42.4. The molecule has 0 radical (unpaired) electrons. The second-order valence-corrected chi connectivity index (χ2v) is 6.78. The summed E-state index contributed by atoms with van der Waals surface area (Å²) < 4.78 is 5.37. The van der Waals surface area contributed by atoms with Gasteiger partial charge in [0.25, 0.3) is 0 Å². The van der Waals surface area contributed by atoms with Gasteiger partial charge in [-0.05, 0) is 19.8 Å². The van der Waals surface area contributed by atoms with E-state index in [1.807, 2.05) is 20.8 Å². The third-order valence-electron chi connectivity index (χ3n) is 3.94. The minimum absolute atomic E-state index is 0.00876. The number of ether oxygens (including phenoxy) is 1. The monoisotopic (exact) mass is 440 g/mol. The molecular weight excluding hydrogens is 396 g/mol. The van der Waals surface area contributed by atoms with Crippen LogP contribution in [0.5, 0.6) is 0 Å². The Morgan fingerprint density at radius 3 is 2.07 bits per heavy atom. The van der Waals surface area contributed by atoms with E-state index in [2.05, 4.69) is 16.4 Å². The molecule has 182 valence electrons. The van der Waals surface area contributed by atoms with Crippen LogP contribution in [0.1, 0.15) is 40.0 Å². The van der Waals surface area contributed by atoms with Gasteiger partial charge in [-0.1, -0.05) is 20.3 Å². The zero-order valence-electron chi connectivity index (χ0n) is 18.7. The van der Waals surface area contributed by atoms with Gasteiger partial charge in [-0.3, -0.25) is 4.79 Å². The number of primary amides is 1. The predicted molar refractivity (Wildman–Crippen MR) is 116 cm³/mol. The second-order valence-electron chi connectivity index (χ2n) is 6.78. The summed E-state index contributed by atoms with van der Waals surface area (Å²) in [6.45, 7) is 5.41. The number of nitrogens with one attached hydrogen (secondary N) is 2. The molecule has 0 aliphatic heterocycles. The maximum Gasteiger partial charge on any atom is 0.314 e. The minimum atomic E-state index is -1.03. The van der Waals surface area contributed by atoms with Crippen molar-refractivity contribution in [3.63, 3.8) is 0 Å². The van der Waals surface area contributed by atoms with Crippen LogP contribution in [-0.4, -0.2) is 91.6 Å². The Bertz CT molecular complexity index is 380. The molecule has 0 aromatic heterocycles. The van der Waals surface area contributed by atoms with Crippen LogP contribution < -0.4 is 22.1 Å². The molecule has 30 heavy (non-hydrogen) atoms. The summed E-state index contributed by atoms with van der Waals surface area (Å²) in [6.07, 6.45) is 2.91. The van der Waals surface area contributed by atoms with Gasteiger partial charge >= 0.3 is 6.03 Å². The lowest BCUT2D eigenvalue weighted by Gasteiger charge is -2.30. The summed E-state index contributed by atoms with van der Waals surface area (Å²) >= 11 is 0. The number of rotatable bonds is 15. The maximum absolute atomic E-state index is 11.8. The highest BCUT2D eigenvalue weighted by atomic mass is 16.5. The van der Waals surface area contributed by atoms with Gasteiger partial charge in [-0.2, -0.15) is 0 Å². The molecule has 11 heteroatoms. The molecule has 1 atom stereocenters. The number of unbranched alkanes of at least 4 members (excludes halogenated alkanes) is 1. The SMILES string of the molecule is CC.C[C@H](N)CCCCNC(=O)NCC(CO)(CO)COCC(CO)CO.NC=O. The highest BCUT2D eigenvalue weighted by Crippen LogP contribution is 2.15. The first-order valence-electron chi connectivity index (χ1n) is 10.3. The van der Waals surface area contributed by atoms with Gasteiger partial charge in [0.1, 0.15) is 0 Å². The summed E-state index contributed by atoms with van der Waals surface area (Å²) in [5.74, 6) is -0.414. The summed E-state index contributed by atoms with van der Waals surface area (Å²) in [7, 11) is 0. The van der Waals surface area contributed by atoms with Crippen LogP contribution in [0, 0.1) is 11.3 Å². The van der Waals surface area contributed by atoms with E-state index in [1.54, 1.807) is 0 Å². The topological polar surface area (TPSA) is 200 Å². The number of hydrogen-bond donors (Lipinski definition) is 8. The van der Waals surface area contributed by atoms with E-state index in [0.717, 1.165) is 19.3 Å². The fourth-order valence-corrected chi connectivity index (χ4v) is 2.03. The quantitative estimate of drug-likeness (QED) is 0.111. The Hall–Kier alpha value is -1.50. The van der Waals surface area contributed by atoms with Crippen molar-refractivity contribution in [1.82, 2.24) is 10.6 Å². The van der Waals surface area contributed by atoms with E-state index in [1.165, 1.54) is 0 Å².